The molecule has 2 heterocycles. The van der Waals surface area contributed by atoms with E-state index in [0.717, 1.165) is 36.7 Å². The normalized spacial score (nSPS) is 13.1. The van der Waals surface area contributed by atoms with Gasteiger partial charge in [0, 0.05) is 29.1 Å². The van der Waals surface area contributed by atoms with Gasteiger partial charge in [0.25, 0.3) is 0 Å². The number of hydrogen-bond acceptors (Lipinski definition) is 5. The second kappa shape index (κ2) is 9.65. The number of nitrogens with zero attached hydrogens (tertiary/aromatic N) is 2. The number of nitrogens with one attached hydrogen (secondary N) is 2. The zero-order chi connectivity index (χ0) is 24.3. The molecule has 1 fully saturated rings. The maximum absolute atomic E-state index is 12.9. The molecule has 1 aliphatic carbocycles. The molecule has 2 aromatic heterocycles. The zero-order valence-electron chi connectivity index (χ0n) is 18.0. The molecule has 0 aliphatic heterocycles. The number of pyridine rings is 1. The second-order valence-electron chi connectivity index (χ2n) is 7.82. The Morgan fingerprint density at radius 2 is 1.94 bits per heavy atom. The van der Waals surface area contributed by atoms with Gasteiger partial charge >= 0.3 is 12.2 Å². The van der Waals surface area contributed by atoms with Crippen molar-refractivity contribution in [2.45, 2.75) is 38.4 Å². The molecule has 174 valence electrons. The van der Waals surface area contributed by atoms with Crippen LogP contribution in [0.25, 0.3) is 0 Å². The Balaban J connectivity index is 1.45. The van der Waals surface area contributed by atoms with Crippen molar-refractivity contribution in [2.24, 2.45) is 0 Å². The van der Waals surface area contributed by atoms with Crippen LogP contribution in [0.5, 0.6) is 0 Å². The molecule has 0 radical (unpaired) electrons. The van der Waals surface area contributed by atoms with Gasteiger partial charge in [-0.3, -0.25) is 15.1 Å². The van der Waals surface area contributed by atoms with Crippen molar-refractivity contribution in [3.63, 3.8) is 0 Å². The monoisotopic (exact) mass is 484 g/mol. The Kier molecular flexibility index (Phi) is 6.65. The Hall–Kier alpha value is -3.71. The van der Waals surface area contributed by atoms with Gasteiger partial charge in [0.1, 0.15) is 0 Å². The summed E-state index contributed by atoms with van der Waals surface area (Å²) in [5.41, 5.74) is 0.982. The molecule has 1 saturated carbocycles. The van der Waals surface area contributed by atoms with E-state index in [2.05, 4.69) is 32.4 Å². The fourth-order valence-electron chi connectivity index (χ4n) is 3.01. The van der Waals surface area contributed by atoms with Crippen LogP contribution in [0.15, 0.2) is 42.7 Å². The summed E-state index contributed by atoms with van der Waals surface area (Å²) in [5, 5.41) is 5.91. The molecule has 1 aliphatic rings. The van der Waals surface area contributed by atoms with Gasteiger partial charge in [0.2, 0.25) is 0 Å². The summed E-state index contributed by atoms with van der Waals surface area (Å²) in [6.07, 6.45) is -0.189. The van der Waals surface area contributed by atoms with Crippen molar-refractivity contribution < 1.29 is 22.8 Å². The minimum absolute atomic E-state index is 0.0449. The van der Waals surface area contributed by atoms with E-state index in [1.54, 1.807) is 24.4 Å². The number of aromatic nitrogens is 2. The van der Waals surface area contributed by atoms with Crippen LogP contribution in [0.3, 0.4) is 0 Å². The lowest BCUT2D eigenvalue weighted by Crippen LogP contribution is -2.30. The van der Waals surface area contributed by atoms with E-state index in [1.165, 1.54) is 11.3 Å². The SMILES string of the molecule is Cc1ccc(C(=O)Cc2cc(C(F)(F)F)ccn2)cc1C#Cc1cnc(NC(=O)NC2CC2)s1. The zero-order valence-corrected chi connectivity index (χ0v) is 18.8. The van der Waals surface area contributed by atoms with Crippen LogP contribution in [0, 0.1) is 18.8 Å². The number of carbonyl (C=O) groups excluding carboxylic acids is 2. The largest absolute Gasteiger partial charge is 0.416 e. The topological polar surface area (TPSA) is 84.0 Å². The summed E-state index contributed by atoms with van der Waals surface area (Å²) in [5.74, 6) is 5.62. The number of Topliss-reactive ketones (excluding diaryl/α,β-unsaturated/α-hetero) is 1. The number of amides is 2. The highest BCUT2D eigenvalue weighted by Gasteiger charge is 2.30. The highest BCUT2D eigenvalue weighted by Crippen LogP contribution is 2.29. The quantitative estimate of drug-likeness (QED) is 0.396. The van der Waals surface area contributed by atoms with Crippen LogP contribution in [-0.2, 0) is 12.6 Å². The number of aryl methyl sites for hydroxylation is 1. The summed E-state index contributed by atoms with van der Waals surface area (Å²) in [6, 6.07) is 6.65. The molecule has 1 aromatic carbocycles. The minimum Gasteiger partial charge on any atom is -0.335 e. The molecule has 0 unspecified atom stereocenters. The molecule has 6 nitrogen and oxygen atoms in total. The molecule has 4 rings (SSSR count). The predicted molar refractivity (Wildman–Crippen MR) is 122 cm³/mol. The summed E-state index contributed by atoms with van der Waals surface area (Å²) < 4.78 is 38.7. The average molecular weight is 485 g/mol. The Morgan fingerprint density at radius 3 is 2.68 bits per heavy atom. The number of hydrogen-bond donors (Lipinski definition) is 2. The first-order valence-electron chi connectivity index (χ1n) is 10.4. The summed E-state index contributed by atoms with van der Waals surface area (Å²) in [4.78, 5) is 33.1. The van der Waals surface area contributed by atoms with Crippen LogP contribution in [-0.4, -0.2) is 27.8 Å². The van der Waals surface area contributed by atoms with Gasteiger partial charge in [-0.25, -0.2) is 9.78 Å². The average Bonchev–Trinajstić information content (AvgIpc) is 3.48. The number of anilines is 1. The van der Waals surface area contributed by atoms with Crippen molar-refractivity contribution in [2.75, 3.05) is 5.32 Å². The standard InChI is InChI=1S/C24H19F3N4O2S/c1-14-2-3-16(21(32)12-19-11-17(8-9-28-19)24(25,26)27)10-15(14)4-7-20-13-29-23(34-20)31-22(33)30-18-5-6-18/h2-3,8-11,13,18H,5-6,12H2,1H3,(H2,29,30,31,33). The smallest absolute Gasteiger partial charge is 0.335 e. The highest BCUT2D eigenvalue weighted by atomic mass is 32.1. The number of rotatable bonds is 5. The molecular formula is C24H19F3N4O2S. The minimum atomic E-state index is -4.50. The molecule has 10 heteroatoms. The Labute approximate surface area is 197 Å². The predicted octanol–water partition coefficient (Wildman–Crippen LogP) is 4.97. The molecular weight excluding hydrogens is 465 g/mol. The van der Waals surface area contributed by atoms with E-state index < -0.39 is 11.7 Å². The molecule has 34 heavy (non-hydrogen) atoms. The second-order valence-corrected chi connectivity index (χ2v) is 8.85. The third-order valence-electron chi connectivity index (χ3n) is 5.00. The highest BCUT2D eigenvalue weighted by molar-refractivity contribution is 7.16. The first-order valence-corrected chi connectivity index (χ1v) is 11.2. The van der Waals surface area contributed by atoms with Crippen LogP contribution in [0.4, 0.5) is 23.1 Å². The van der Waals surface area contributed by atoms with Gasteiger partial charge in [-0.2, -0.15) is 13.2 Å². The van der Waals surface area contributed by atoms with Gasteiger partial charge in [-0.05, 0) is 49.4 Å². The molecule has 3 aromatic rings. The number of benzene rings is 1. The van der Waals surface area contributed by atoms with Crippen molar-refractivity contribution in [3.8, 4) is 11.8 Å². The lowest BCUT2D eigenvalue weighted by atomic mass is 10.00. The molecule has 0 saturated heterocycles. The lowest BCUT2D eigenvalue weighted by Gasteiger charge is -2.08. The van der Waals surface area contributed by atoms with E-state index in [4.69, 9.17) is 0 Å². The van der Waals surface area contributed by atoms with Gasteiger partial charge < -0.3 is 5.32 Å². The maximum Gasteiger partial charge on any atom is 0.416 e. The van der Waals surface area contributed by atoms with Gasteiger partial charge in [0.05, 0.1) is 23.1 Å². The van der Waals surface area contributed by atoms with Crippen molar-refractivity contribution >= 4 is 28.3 Å². The van der Waals surface area contributed by atoms with E-state index in [-0.39, 0.29) is 30.0 Å². The molecule has 2 N–H and O–H groups in total. The molecule has 0 atom stereocenters. The van der Waals surface area contributed by atoms with Gasteiger partial charge in [-0.1, -0.05) is 29.4 Å². The number of urea groups is 1. The van der Waals surface area contributed by atoms with Crippen molar-refractivity contribution in [3.05, 3.63) is 75.6 Å². The first kappa shape index (κ1) is 23.4. The summed E-state index contributed by atoms with van der Waals surface area (Å²) in [6.45, 7) is 1.84. The fraction of sp³-hybridized carbons (Fsp3) is 0.250. The van der Waals surface area contributed by atoms with Crippen molar-refractivity contribution in [1.82, 2.24) is 15.3 Å². The van der Waals surface area contributed by atoms with Crippen LogP contribution < -0.4 is 10.6 Å². The van der Waals surface area contributed by atoms with E-state index in [1.807, 2.05) is 6.92 Å². The van der Waals surface area contributed by atoms with E-state index >= 15 is 0 Å². The Bertz CT molecular complexity index is 1300. The van der Waals surface area contributed by atoms with Gasteiger partial charge in [0.15, 0.2) is 10.9 Å². The van der Waals surface area contributed by atoms with Crippen LogP contribution in [0.2, 0.25) is 0 Å². The molecule has 0 bridgehead atoms. The van der Waals surface area contributed by atoms with Crippen LogP contribution >= 0.6 is 11.3 Å². The molecule has 2 amide bonds. The summed E-state index contributed by atoms with van der Waals surface area (Å²) >= 11 is 1.23. The van der Waals surface area contributed by atoms with Crippen LogP contribution in [0.1, 0.15) is 50.5 Å². The molecule has 0 spiro atoms. The third-order valence-corrected chi connectivity index (χ3v) is 5.83. The summed E-state index contributed by atoms with van der Waals surface area (Å²) in [7, 11) is 0. The third kappa shape index (κ3) is 6.20. The number of alkyl halides is 3. The number of carbonyl (C=O) groups is 2. The lowest BCUT2D eigenvalue weighted by molar-refractivity contribution is -0.137. The maximum atomic E-state index is 12.9. The number of thiazole rings is 1. The van der Waals surface area contributed by atoms with Gasteiger partial charge in [-0.15, -0.1) is 0 Å². The number of halogens is 3. The van der Waals surface area contributed by atoms with Crippen molar-refractivity contribution in [1.29, 1.82) is 0 Å². The fourth-order valence-corrected chi connectivity index (χ4v) is 3.68. The van der Waals surface area contributed by atoms with E-state index in [9.17, 15) is 22.8 Å². The number of ketones is 1. The van der Waals surface area contributed by atoms with E-state index in [0.29, 0.717) is 21.1 Å². The Morgan fingerprint density at radius 1 is 1.15 bits per heavy atom. The first-order chi connectivity index (χ1) is 16.2.